The molecule has 1 aromatic heterocycles. The Bertz CT molecular complexity index is 1600. The van der Waals surface area contributed by atoms with Gasteiger partial charge in [0, 0.05) is 30.4 Å². The second kappa shape index (κ2) is 10.4. The van der Waals surface area contributed by atoms with Crippen molar-refractivity contribution >= 4 is 34.8 Å². The smallest absolute Gasteiger partial charge is 0.255 e. The molecule has 4 atom stereocenters. The van der Waals surface area contributed by atoms with Gasteiger partial charge >= 0.3 is 0 Å². The predicted octanol–water partition coefficient (Wildman–Crippen LogP) is 0.611. The molecule has 0 aliphatic heterocycles. The van der Waals surface area contributed by atoms with Gasteiger partial charge in [0.25, 0.3) is 5.91 Å². The molecule has 1 fully saturated rings. The number of primary amides is 1. The number of benzene rings is 1. The molecule has 1 saturated carbocycles. The van der Waals surface area contributed by atoms with Crippen molar-refractivity contribution in [3.63, 3.8) is 0 Å². The number of aromatic nitrogens is 1. The molecule has 0 radical (unpaired) electrons. The van der Waals surface area contributed by atoms with Crippen LogP contribution in [-0.4, -0.2) is 93.1 Å². The molecule has 13 nitrogen and oxygen atoms in total. The topological polar surface area (TPSA) is 213 Å². The third-order valence-corrected chi connectivity index (χ3v) is 8.21. The number of rotatable bonds is 6. The average Bonchev–Trinajstić information content (AvgIpc) is 2.92. The van der Waals surface area contributed by atoms with Crippen LogP contribution < -0.4 is 11.1 Å². The number of anilines is 1. The van der Waals surface area contributed by atoms with Crippen LogP contribution in [0.3, 0.4) is 0 Å². The van der Waals surface area contributed by atoms with E-state index in [4.69, 9.17) is 10.5 Å². The normalized spacial score (nSPS) is 25.2. The van der Waals surface area contributed by atoms with Gasteiger partial charge in [0.15, 0.2) is 11.4 Å². The van der Waals surface area contributed by atoms with Gasteiger partial charge in [0.2, 0.25) is 11.7 Å². The van der Waals surface area contributed by atoms with Crippen LogP contribution in [-0.2, 0) is 30.3 Å². The quantitative estimate of drug-likeness (QED) is 0.206. The number of amides is 2. The zero-order valence-electron chi connectivity index (χ0n) is 23.0. The maximum atomic E-state index is 14.1. The summed E-state index contributed by atoms with van der Waals surface area (Å²) in [6, 6.07) is 5.45. The van der Waals surface area contributed by atoms with Gasteiger partial charge in [-0.05, 0) is 56.6 Å². The molecule has 1 aromatic carbocycles. The number of aliphatic hydroxyl groups excluding tert-OH is 2. The molecule has 2 amide bonds. The summed E-state index contributed by atoms with van der Waals surface area (Å²) in [5, 5.41) is 48.2. The van der Waals surface area contributed by atoms with Crippen LogP contribution in [0.1, 0.15) is 17.5 Å². The lowest BCUT2D eigenvalue weighted by molar-refractivity contribution is -0.153. The number of carbonyl (C=O) groups is 4. The first-order valence-electron chi connectivity index (χ1n) is 13.1. The number of fused-ring (bicyclic) bond motifs is 3. The Morgan fingerprint density at radius 3 is 2.52 bits per heavy atom. The molecule has 42 heavy (non-hydrogen) atoms. The summed E-state index contributed by atoms with van der Waals surface area (Å²) in [4.78, 5) is 57.7. The van der Waals surface area contributed by atoms with Crippen LogP contribution in [0.15, 0.2) is 47.4 Å². The van der Waals surface area contributed by atoms with Crippen molar-refractivity contribution in [2.45, 2.75) is 24.5 Å². The molecule has 3 aliphatic carbocycles. The number of Topliss-reactive ketones (excluding diaryl/α,β-unsaturated/α-hetero) is 2. The number of hydrogen-bond donors (Lipinski definition) is 6. The monoisotopic (exact) mass is 578 g/mol. The first kappa shape index (κ1) is 28.9. The molecule has 3 aliphatic rings. The number of nitrogens with zero attached hydrogens (tertiary/aromatic N) is 2. The Hall–Kier alpha value is -4.59. The molecule has 220 valence electrons. The second-order valence-corrected chi connectivity index (χ2v) is 10.8. The van der Waals surface area contributed by atoms with Gasteiger partial charge in [-0.3, -0.25) is 29.1 Å². The lowest BCUT2D eigenvalue weighted by Crippen LogP contribution is -2.65. The minimum atomic E-state index is -2.76. The molecule has 7 N–H and O–H groups in total. The number of carbonyl (C=O) groups excluding carboxylic acids is 4. The summed E-state index contributed by atoms with van der Waals surface area (Å²) in [5.41, 5.74) is 2.50. The van der Waals surface area contributed by atoms with Crippen molar-refractivity contribution < 1.29 is 44.3 Å². The molecule has 13 heteroatoms. The van der Waals surface area contributed by atoms with E-state index in [0.717, 1.165) is 0 Å². The lowest BCUT2D eigenvalue weighted by atomic mass is 9.57. The van der Waals surface area contributed by atoms with Crippen molar-refractivity contribution in [3.05, 3.63) is 58.5 Å². The largest absolute Gasteiger partial charge is 0.508 e. The van der Waals surface area contributed by atoms with Crippen LogP contribution >= 0.6 is 0 Å². The minimum Gasteiger partial charge on any atom is -0.508 e. The highest BCUT2D eigenvalue weighted by atomic mass is 16.5. The number of aliphatic hydroxyl groups is 3. The fourth-order valence-corrected chi connectivity index (χ4v) is 6.47. The first-order valence-corrected chi connectivity index (χ1v) is 13.1. The first-order chi connectivity index (χ1) is 19.8. The number of methoxy groups -OCH3 is 1. The molecule has 1 heterocycles. The molecule has 0 unspecified atom stereocenters. The highest BCUT2D eigenvalue weighted by Gasteiger charge is 2.64. The Balaban J connectivity index is 1.76. The van der Waals surface area contributed by atoms with Crippen LogP contribution in [0, 0.1) is 11.8 Å². The highest BCUT2D eigenvalue weighted by Crippen LogP contribution is 2.54. The lowest BCUT2D eigenvalue weighted by Gasteiger charge is -2.50. The van der Waals surface area contributed by atoms with E-state index >= 15 is 0 Å². The number of nitrogens with one attached hydrogen (secondary N) is 1. The summed E-state index contributed by atoms with van der Waals surface area (Å²) in [5.74, 6) is -8.21. The van der Waals surface area contributed by atoms with E-state index < -0.39 is 69.7 Å². The number of ketones is 2. The second-order valence-electron chi connectivity index (χ2n) is 10.8. The molecular weight excluding hydrogens is 548 g/mol. The van der Waals surface area contributed by atoms with Gasteiger partial charge in [-0.1, -0.05) is 6.07 Å². The Kier molecular flexibility index (Phi) is 7.13. The standard InChI is InChI=1S/C29H30N4O9/c1-33(2)22-15-9-12-8-14-13(16-6-4-5-7-31-16)10-17(32-18(34)11-42-3)23(35)20(14)24(36)19(12)26(38)29(15,41)27(39)21(25(22)37)28(30)40/h4-7,10,12,15,22,35-36,39,41H,8-9,11H2,1-3H3,(H2,30,40)(H,32,34)/t12-,15-,22+,29-/m0/s1. The molecule has 2 aromatic rings. The molecule has 0 bridgehead atoms. The average molecular weight is 579 g/mol. The maximum absolute atomic E-state index is 14.1. The van der Waals surface area contributed by atoms with Gasteiger partial charge in [0.1, 0.15) is 29.4 Å². The van der Waals surface area contributed by atoms with Crippen molar-refractivity contribution in [2.24, 2.45) is 17.6 Å². The van der Waals surface area contributed by atoms with Gasteiger partial charge in [-0.2, -0.15) is 0 Å². The number of likely N-dealkylation sites (N-methyl/N-ethyl adjacent to an activating group) is 1. The van der Waals surface area contributed by atoms with Gasteiger partial charge in [0.05, 0.1) is 23.0 Å². The summed E-state index contributed by atoms with van der Waals surface area (Å²) >= 11 is 0. The predicted molar refractivity (Wildman–Crippen MR) is 148 cm³/mol. The summed E-state index contributed by atoms with van der Waals surface area (Å²) in [6.07, 6.45) is 1.56. The number of phenolic OH excluding ortho intramolecular Hbond substituents is 1. The maximum Gasteiger partial charge on any atom is 0.255 e. The van der Waals surface area contributed by atoms with E-state index in [-0.39, 0.29) is 36.3 Å². The zero-order valence-corrected chi connectivity index (χ0v) is 23.0. The summed E-state index contributed by atoms with van der Waals surface area (Å²) < 4.78 is 4.85. The third kappa shape index (κ3) is 4.16. The van der Waals surface area contributed by atoms with E-state index in [1.165, 1.54) is 32.2 Å². The molecular formula is C29H30N4O9. The summed E-state index contributed by atoms with van der Waals surface area (Å²) in [7, 11) is 4.38. The van der Waals surface area contributed by atoms with Gasteiger partial charge in [-0.25, -0.2) is 0 Å². The fourth-order valence-electron chi connectivity index (χ4n) is 6.47. The summed E-state index contributed by atoms with van der Waals surface area (Å²) in [6.45, 7) is -0.322. The van der Waals surface area contributed by atoms with Crippen molar-refractivity contribution in [2.75, 3.05) is 33.1 Å². The Morgan fingerprint density at radius 1 is 1.21 bits per heavy atom. The number of hydrogen-bond acceptors (Lipinski definition) is 11. The number of phenols is 1. The van der Waals surface area contributed by atoms with Gasteiger partial charge in [-0.15, -0.1) is 0 Å². The number of ether oxygens (including phenoxy) is 1. The highest BCUT2D eigenvalue weighted by molar-refractivity contribution is 6.24. The third-order valence-electron chi connectivity index (χ3n) is 8.21. The molecule has 0 saturated heterocycles. The number of aromatic hydroxyl groups is 1. The number of nitrogens with two attached hydrogens (primary N) is 1. The van der Waals surface area contributed by atoms with Crippen molar-refractivity contribution in [1.82, 2.24) is 9.88 Å². The fraction of sp³-hybridized carbons (Fsp3) is 0.345. The minimum absolute atomic E-state index is 0.0551. The van der Waals surface area contributed by atoms with Crippen LogP contribution in [0.25, 0.3) is 17.0 Å². The Labute approximate surface area is 239 Å². The van der Waals surface area contributed by atoms with Crippen LogP contribution in [0.2, 0.25) is 0 Å². The van der Waals surface area contributed by atoms with E-state index in [1.807, 2.05) is 0 Å². The van der Waals surface area contributed by atoms with E-state index in [1.54, 1.807) is 24.4 Å². The SMILES string of the molecule is COCC(=O)Nc1cc(-c2ccccn2)c2c(c1O)C(O)=C1C(=O)[C@]3(O)C(O)=C(C(N)=O)C(=O)[C@H](N(C)C)[C@@H]3C[C@@H]1C2. The number of pyridine rings is 1. The van der Waals surface area contributed by atoms with E-state index in [2.05, 4.69) is 10.3 Å². The molecule has 5 rings (SSSR count). The zero-order chi connectivity index (χ0) is 30.7. The Morgan fingerprint density at radius 2 is 1.93 bits per heavy atom. The van der Waals surface area contributed by atoms with E-state index in [0.29, 0.717) is 16.8 Å². The van der Waals surface area contributed by atoms with Crippen LogP contribution in [0.4, 0.5) is 5.69 Å². The van der Waals surface area contributed by atoms with E-state index in [9.17, 15) is 39.6 Å². The molecule has 0 spiro atoms. The van der Waals surface area contributed by atoms with Crippen LogP contribution in [0.5, 0.6) is 5.75 Å². The van der Waals surface area contributed by atoms with Gasteiger partial charge < -0.3 is 36.2 Å². The van der Waals surface area contributed by atoms with Crippen molar-refractivity contribution in [1.29, 1.82) is 0 Å². The van der Waals surface area contributed by atoms with Crippen molar-refractivity contribution in [3.8, 4) is 17.0 Å².